The average Bonchev–Trinajstić information content (AvgIpc) is 2.93. The topological polar surface area (TPSA) is 92.3 Å². The molecule has 0 aliphatic heterocycles. The van der Waals surface area contributed by atoms with Gasteiger partial charge in [0.15, 0.2) is 9.84 Å². The van der Waals surface area contributed by atoms with E-state index in [1.165, 1.54) is 23.1 Å². The Kier molecular flexibility index (Phi) is 13.2. The number of hydrogen-bond acceptors (Lipinski definition) is 8. The second-order valence-corrected chi connectivity index (χ2v) is 16.6. The highest BCUT2D eigenvalue weighted by atomic mass is 33.1. The number of rotatable bonds is 6. The third-order valence-electron chi connectivity index (χ3n) is 6.56. The maximum absolute atomic E-state index is 12.5. The lowest BCUT2D eigenvalue weighted by atomic mass is 10.1. The van der Waals surface area contributed by atoms with Gasteiger partial charge >= 0.3 is 0 Å². The van der Waals surface area contributed by atoms with Gasteiger partial charge in [-0.2, -0.15) is 0 Å². The van der Waals surface area contributed by atoms with Gasteiger partial charge in [-0.15, -0.1) is 12.6 Å². The maximum Gasteiger partial charge on any atom is 0.234 e. The van der Waals surface area contributed by atoms with Crippen molar-refractivity contribution in [3.63, 3.8) is 0 Å². The maximum atomic E-state index is 12.5. The summed E-state index contributed by atoms with van der Waals surface area (Å²) in [5.74, 6) is 0. The van der Waals surface area contributed by atoms with Gasteiger partial charge in [-0.1, -0.05) is 35.4 Å². The van der Waals surface area contributed by atoms with Crippen LogP contribution in [0.5, 0.6) is 0 Å². The van der Waals surface area contributed by atoms with E-state index in [9.17, 15) is 16.8 Å². The fraction of sp³-hybridized carbons (Fsp3) is 0.273. The quantitative estimate of drug-likeness (QED) is 0.142. The van der Waals surface area contributed by atoms with Gasteiger partial charge in [0, 0.05) is 52.3 Å². The molecule has 0 fully saturated rings. The van der Waals surface area contributed by atoms with Crippen molar-refractivity contribution in [2.75, 3.05) is 31.0 Å². The summed E-state index contributed by atoms with van der Waals surface area (Å²) in [6.45, 7) is 11.9. The fourth-order valence-corrected chi connectivity index (χ4v) is 7.85. The molecule has 6 nitrogen and oxygen atoms in total. The zero-order chi connectivity index (χ0) is 32.5. The molecule has 4 rings (SSSR count). The van der Waals surface area contributed by atoms with E-state index in [1.54, 1.807) is 36.4 Å². The lowest BCUT2D eigenvalue weighted by Gasteiger charge is -2.11. The first-order chi connectivity index (χ1) is 20.0. The molecule has 0 heterocycles. The van der Waals surface area contributed by atoms with Crippen LogP contribution in [0.3, 0.4) is 0 Å². The first kappa shape index (κ1) is 36.3. The second kappa shape index (κ2) is 15.7. The number of sulfone groups is 1. The fourth-order valence-electron chi connectivity index (χ4n) is 3.88. The van der Waals surface area contributed by atoms with Crippen LogP contribution >= 0.6 is 23.4 Å². The molecular weight excluding hydrogens is 617 g/mol. The van der Waals surface area contributed by atoms with Crippen LogP contribution in [0.15, 0.2) is 92.4 Å². The van der Waals surface area contributed by atoms with Crippen molar-refractivity contribution >= 4 is 53.5 Å². The molecule has 0 amide bonds. The molecule has 232 valence electrons. The van der Waals surface area contributed by atoms with Crippen LogP contribution in [0.2, 0.25) is 0 Å². The molecule has 0 radical (unpaired) electrons. The van der Waals surface area contributed by atoms with Crippen LogP contribution in [0.25, 0.3) is 0 Å². The van der Waals surface area contributed by atoms with E-state index in [4.69, 9.17) is 0 Å². The minimum absolute atomic E-state index is 0.341. The monoisotopic (exact) mass is 658 g/mol. The highest BCUT2D eigenvalue weighted by Crippen LogP contribution is 2.35. The molecule has 2 N–H and O–H groups in total. The number of nitrogens with one attached hydrogen (secondary N) is 2. The van der Waals surface area contributed by atoms with Gasteiger partial charge in [0.25, 0.3) is 0 Å². The van der Waals surface area contributed by atoms with Crippen molar-refractivity contribution < 1.29 is 16.8 Å². The van der Waals surface area contributed by atoms with Gasteiger partial charge in [-0.25, -0.2) is 16.8 Å². The summed E-state index contributed by atoms with van der Waals surface area (Å²) in [4.78, 5) is 2.55. The molecule has 0 saturated heterocycles. The summed E-state index contributed by atoms with van der Waals surface area (Å²) in [6, 6.07) is 21.8. The molecule has 0 aliphatic carbocycles. The van der Waals surface area contributed by atoms with Gasteiger partial charge in [0.05, 0.1) is 9.79 Å². The van der Waals surface area contributed by atoms with Crippen LogP contribution in [0.1, 0.15) is 33.4 Å². The molecule has 10 heteroatoms. The van der Waals surface area contributed by atoms with Crippen molar-refractivity contribution in [3.8, 4) is 0 Å². The Morgan fingerprint density at radius 2 is 1.00 bits per heavy atom. The van der Waals surface area contributed by atoms with Gasteiger partial charge in [0.2, 0.25) is 8.87 Å². The number of thiol groups is 1. The van der Waals surface area contributed by atoms with Crippen LogP contribution in [-0.2, 0) is 18.7 Å². The van der Waals surface area contributed by atoms with E-state index < -0.39 is 18.7 Å². The van der Waals surface area contributed by atoms with Crippen LogP contribution in [0, 0.1) is 41.5 Å². The van der Waals surface area contributed by atoms with Crippen LogP contribution < -0.4 is 10.6 Å². The van der Waals surface area contributed by atoms with E-state index in [2.05, 4.69) is 49.2 Å². The lowest BCUT2D eigenvalue weighted by Crippen LogP contribution is -1.98. The zero-order valence-electron chi connectivity index (χ0n) is 26.2. The van der Waals surface area contributed by atoms with Gasteiger partial charge < -0.3 is 10.6 Å². The molecule has 4 aromatic carbocycles. The highest BCUT2D eigenvalue weighted by Gasteiger charge is 2.18. The van der Waals surface area contributed by atoms with Gasteiger partial charge in [-0.05, 0) is 112 Å². The van der Waals surface area contributed by atoms with E-state index in [0.29, 0.717) is 9.79 Å². The molecule has 0 aliphatic rings. The molecule has 0 spiro atoms. The smallest absolute Gasteiger partial charge is 0.234 e. The first-order valence-corrected chi connectivity index (χ1v) is 18.7. The summed E-state index contributed by atoms with van der Waals surface area (Å²) in [7, 11) is -1.71. The number of hydrogen-bond donors (Lipinski definition) is 3. The second-order valence-electron chi connectivity index (χ2n) is 10.3. The number of benzene rings is 4. The molecule has 0 saturated carbocycles. The van der Waals surface area contributed by atoms with E-state index in [-0.39, 0.29) is 0 Å². The van der Waals surface area contributed by atoms with Crippen molar-refractivity contribution in [2.45, 2.75) is 61.1 Å². The number of aryl methyl sites for hydroxylation is 6. The predicted molar refractivity (Wildman–Crippen MR) is 187 cm³/mol. The van der Waals surface area contributed by atoms with E-state index in [0.717, 1.165) is 48.5 Å². The number of anilines is 2. The van der Waals surface area contributed by atoms with Gasteiger partial charge in [0.1, 0.15) is 0 Å². The third kappa shape index (κ3) is 10.9. The zero-order valence-corrected chi connectivity index (χ0v) is 29.6. The molecule has 4 aromatic rings. The summed E-state index contributed by atoms with van der Waals surface area (Å²) in [6.07, 6.45) is 1.21. The van der Waals surface area contributed by atoms with Crippen LogP contribution in [0.4, 0.5) is 11.4 Å². The SMILES string of the molecule is CNc1cc(C)c(S)cc1C.CNc1cc(C)c(SS(=O)(=O)c2ccc(C)cc2)cc1C.Cc1ccc(S(C)(=O)=O)cc1. The van der Waals surface area contributed by atoms with E-state index in [1.807, 2.05) is 66.1 Å². The summed E-state index contributed by atoms with van der Waals surface area (Å²) in [5, 5.41) is 6.23. The molecule has 0 bridgehead atoms. The van der Waals surface area contributed by atoms with Gasteiger partial charge in [-0.3, -0.25) is 0 Å². The van der Waals surface area contributed by atoms with Crippen molar-refractivity contribution in [1.82, 2.24) is 0 Å². The average molecular weight is 659 g/mol. The molecule has 0 atom stereocenters. The van der Waals surface area contributed by atoms with Crippen molar-refractivity contribution in [1.29, 1.82) is 0 Å². The Balaban J connectivity index is 0.000000247. The summed E-state index contributed by atoms with van der Waals surface area (Å²) in [5.41, 5.74) is 8.74. The molecule has 0 aromatic heterocycles. The largest absolute Gasteiger partial charge is 0.388 e. The van der Waals surface area contributed by atoms with Crippen LogP contribution in [-0.4, -0.2) is 37.2 Å². The van der Waals surface area contributed by atoms with Crippen molar-refractivity contribution in [2.24, 2.45) is 0 Å². The first-order valence-electron chi connectivity index (χ1n) is 13.5. The highest BCUT2D eigenvalue weighted by molar-refractivity contribution is 8.72. The lowest BCUT2D eigenvalue weighted by molar-refractivity contribution is 0.601. The van der Waals surface area contributed by atoms with Crippen molar-refractivity contribution in [3.05, 3.63) is 106 Å². The Hall–Kier alpha value is -2.92. The molecule has 43 heavy (non-hydrogen) atoms. The third-order valence-corrected chi connectivity index (χ3v) is 11.6. The normalized spacial score (nSPS) is 11.0. The predicted octanol–water partition coefficient (Wildman–Crippen LogP) is 8.17. The molecular formula is C33H42N2O4S4. The minimum Gasteiger partial charge on any atom is -0.388 e. The Labute approximate surface area is 267 Å². The molecule has 0 unspecified atom stereocenters. The Morgan fingerprint density at radius 3 is 1.44 bits per heavy atom. The summed E-state index contributed by atoms with van der Waals surface area (Å²) >= 11 is 4.33. The minimum atomic E-state index is -3.39. The Morgan fingerprint density at radius 1 is 0.581 bits per heavy atom. The Bertz CT molecular complexity index is 1750. The summed E-state index contributed by atoms with van der Waals surface area (Å²) < 4.78 is 46.8. The standard InChI is InChI=1S/C16H19NO2S2.C9H13NS.C8H10O2S/c1-11-5-7-14(8-6-11)21(18,19)20-16-10-12(2)15(17-4)9-13(16)3;1-6-5-9(11)7(2)4-8(6)10-3;1-7-3-5-8(6-4-7)11(2,9)10/h5-10,17H,1-4H3;4-5,10-11H,1-3H3;3-6H,1-2H3. The van der Waals surface area contributed by atoms with E-state index >= 15 is 0 Å².